The predicted molar refractivity (Wildman–Crippen MR) is 81.9 cm³/mol. The Morgan fingerprint density at radius 3 is 3.00 bits per heavy atom. The highest BCUT2D eigenvalue weighted by Gasteiger charge is 2.14. The fraction of sp³-hybridized carbons (Fsp3) is 0.385. The zero-order chi connectivity index (χ0) is 13.7. The molecule has 0 saturated carbocycles. The molecule has 1 N–H and O–H groups in total. The van der Waals surface area contributed by atoms with Gasteiger partial charge >= 0.3 is 0 Å². The molecule has 2 aromatic rings. The number of anilines is 1. The fourth-order valence-corrected chi connectivity index (χ4v) is 2.95. The Kier molecular flexibility index (Phi) is 5.15. The topological polar surface area (TPSA) is 47.0 Å². The lowest BCUT2D eigenvalue weighted by atomic mass is 10.1. The van der Waals surface area contributed by atoms with E-state index in [0.717, 1.165) is 17.3 Å². The highest BCUT2D eigenvalue weighted by Crippen LogP contribution is 2.28. The smallest absolute Gasteiger partial charge is 0.232 e. The van der Waals surface area contributed by atoms with Gasteiger partial charge in [-0.25, -0.2) is 4.98 Å². The van der Waals surface area contributed by atoms with E-state index >= 15 is 0 Å². The number of hydrogen-bond acceptors (Lipinski definition) is 5. The van der Waals surface area contributed by atoms with Crippen molar-refractivity contribution in [3.05, 3.63) is 33.1 Å². The predicted octanol–water partition coefficient (Wildman–Crippen LogP) is 4.26. The fourth-order valence-electron chi connectivity index (χ4n) is 1.78. The quantitative estimate of drug-likeness (QED) is 0.852. The molecule has 1 unspecified atom stereocenters. The minimum atomic E-state index is 0.246. The lowest BCUT2D eigenvalue weighted by molar-refractivity contribution is 0.394. The van der Waals surface area contributed by atoms with Gasteiger partial charge in [-0.3, -0.25) is 0 Å². The van der Waals surface area contributed by atoms with Crippen LogP contribution in [0.3, 0.4) is 0 Å². The van der Waals surface area contributed by atoms with Crippen molar-refractivity contribution < 1.29 is 4.74 Å². The molecule has 1 atom stereocenters. The third kappa shape index (κ3) is 3.67. The van der Waals surface area contributed by atoms with E-state index in [1.807, 2.05) is 0 Å². The van der Waals surface area contributed by atoms with Crippen LogP contribution in [0, 0.1) is 0 Å². The average molecular weight is 342 g/mol. The lowest BCUT2D eigenvalue weighted by Gasteiger charge is -2.17. The SMILES string of the molecule is CCCC(Nc1ncc(Br)c(OC)n1)c1cccs1. The molecule has 0 saturated heterocycles. The maximum Gasteiger partial charge on any atom is 0.232 e. The number of thiophene rings is 1. The molecule has 19 heavy (non-hydrogen) atoms. The summed E-state index contributed by atoms with van der Waals surface area (Å²) in [7, 11) is 1.60. The summed E-state index contributed by atoms with van der Waals surface area (Å²) >= 11 is 5.10. The molecule has 2 rings (SSSR count). The number of nitrogens with zero attached hydrogens (tertiary/aromatic N) is 2. The molecule has 2 heterocycles. The van der Waals surface area contributed by atoms with Gasteiger partial charge in [0, 0.05) is 4.88 Å². The van der Waals surface area contributed by atoms with Crippen molar-refractivity contribution in [3.8, 4) is 5.88 Å². The van der Waals surface area contributed by atoms with E-state index in [4.69, 9.17) is 4.74 Å². The Hall–Kier alpha value is -1.14. The van der Waals surface area contributed by atoms with Crippen LogP contribution in [0.1, 0.15) is 30.7 Å². The zero-order valence-electron chi connectivity index (χ0n) is 10.9. The van der Waals surface area contributed by atoms with Crippen molar-refractivity contribution in [1.82, 2.24) is 9.97 Å². The minimum Gasteiger partial charge on any atom is -0.480 e. The summed E-state index contributed by atoms with van der Waals surface area (Å²) in [4.78, 5) is 9.91. The van der Waals surface area contributed by atoms with E-state index in [2.05, 4.69) is 55.7 Å². The Labute approximate surface area is 125 Å². The summed E-state index contributed by atoms with van der Waals surface area (Å²) in [5, 5.41) is 5.46. The average Bonchev–Trinajstić information content (AvgIpc) is 2.94. The second kappa shape index (κ2) is 6.86. The molecule has 0 bridgehead atoms. The van der Waals surface area contributed by atoms with Gasteiger partial charge in [-0.1, -0.05) is 19.4 Å². The first-order chi connectivity index (χ1) is 9.24. The third-order valence-electron chi connectivity index (χ3n) is 2.67. The summed E-state index contributed by atoms with van der Waals surface area (Å²) in [6, 6.07) is 4.44. The summed E-state index contributed by atoms with van der Waals surface area (Å²) in [6.45, 7) is 2.17. The van der Waals surface area contributed by atoms with Crippen molar-refractivity contribution in [2.45, 2.75) is 25.8 Å². The normalized spacial score (nSPS) is 12.2. The van der Waals surface area contributed by atoms with Crippen LogP contribution in [0.4, 0.5) is 5.95 Å². The van der Waals surface area contributed by atoms with Crippen molar-refractivity contribution in [1.29, 1.82) is 0 Å². The molecule has 0 amide bonds. The molecule has 4 nitrogen and oxygen atoms in total. The maximum absolute atomic E-state index is 5.18. The molecule has 0 fully saturated rings. The molecule has 2 aromatic heterocycles. The number of aromatic nitrogens is 2. The number of hydrogen-bond donors (Lipinski definition) is 1. The van der Waals surface area contributed by atoms with Gasteiger partial charge in [-0.05, 0) is 33.8 Å². The summed E-state index contributed by atoms with van der Waals surface area (Å²) < 4.78 is 5.94. The second-order valence-electron chi connectivity index (χ2n) is 4.05. The number of ether oxygens (including phenoxy) is 1. The van der Waals surface area contributed by atoms with Crippen LogP contribution in [0.2, 0.25) is 0 Å². The molecule has 0 aliphatic carbocycles. The van der Waals surface area contributed by atoms with Gasteiger partial charge in [-0.15, -0.1) is 11.3 Å². The van der Waals surface area contributed by atoms with E-state index < -0.39 is 0 Å². The molecule has 6 heteroatoms. The molecule has 0 spiro atoms. The molecule has 0 aromatic carbocycles. The van der Waals surface area contributed by atoms with Crippen molar-refractivity contribution >= 4 is 33.2 Å². The minimum absolute atomic E-state index is 0.246. The largest absolute Gasteiger partial charge is 0.480 e. The highest BCUT2D eigenvalue weighted by molar-refractivity contribution is 9.10. The zero-order valence-corrected chi connectivity index (χ0v) is 13.3. The lowest BCUT2D eigenvalue weighted by Crippen LogP contribution is -2.12. The van der Waals surface area contributed by atoms with Gasteiger partial charge < -0.3 is 10.1 Å². The van der Waals surface area contributed by atoms with E-state index in [9.17, 15) is 0 Å². The summed E-state index contributed by atoms with van der Waals surface area (Å²) in [5.41, 5.74) is 0. The Bertz CT molecular complexity index is 519. The Morgan fingerprint density at radius 2 is 2.37 bits per heavy atom. The third-order valence-corrected chi connectivity index (χ3v) is 4.20. The number of nitrogens with one attached hydrogen (secondary N) is 1. The first kappa shape index (κ1) is 14.3. The number of methoxy groups -OCH3 is 1. The van der Waals surface area contributed by atoms with Gasteiger partial charge in [0.25, 0.3) is 0 Å². The van der Waals surface area contributed by atoms with Crippen LogP contribution in [0.25, 0.3) is 0 Å². The first-order valence-electron chi connectivity index (χ1n) is 6.11. The van der Waals surface area contributed by atoms with Crippen molar-refractivity contribution in [3.63, 3.8) is 0 Å². The summed E-state index contributed by atoms with van der Waals surface area (Å²) in [6.07, 6.45) is 3.84. The van der Waals surface area contributed by atoms with Crippen LogP contribution < -0.4 is 10.1 Å². The molecule has 0 radical (unpaired) electrons. The standard InChI is InChI=1S/C13H16BrN3OS/c1-3-5-10(11-6-4-7-19-11)16-13-15-8-9(14)12(17-13)18-2/h4,6-8,10H,3,5H2,1-2H3,(H,15,16,17). The van der Waals surface area contributed by atoms with E-state index in [0.29, 0.717) is 11.8 Å². The van der Waals surface area contributed by atoms with E-state index in [1.54, 1.807) is 24.6 Å². The van der Waals surface area contributed by atoms with Crippen LogP contribution in [0.15, 0.2) is 28.2 Å². The Morgan fingerprint density at radius 1 is 1.53 bits per heavy atom. The van der Waals surface area contributed by atoms with Crippen LogP contribution in [-0.2, 0) is 0 Å². The Balaban J connectivity index is 2.17. The first-order valence-corrected chi connectivity index (χ1v) is 7.78. The number of rotatable bonds is 6. The van der Waals surface area contributed by atoms with Crippen molar-refractivity contribution in [2.75, 3.05) is 12.4 Å². The highest BCUT2D eigenvalue weighted by atomic mass is 79.9. The van der Waals surface area contributed by atoms with Gasteiger partial charge in [0.15, 0.2) is 0 Å². The second-order valence-corrected chi connectivity index (χ2v) is 5.89. The van der Waals surface area contributed by atoms with Crippen molar-refractivity contribution in [2.24, 2.45) is 0 Å². The summed E-state index contributed by atoms with van der Waals surface area (Å²) in [5.74, 6) is 1.13. The van der Waals surface area contributed by atoms with Crippen LogP contribution in [-0.4, -0.2) is 17.1 Å². The van der Waals surface area contributed by atoms with E-state index in [-0.39, 0.29) is 6.04 Å². The van der Waals surface area contributed by atoms with Gasteiger partial charge in [-0.2, -0.15) is 4.98 Å². The molecule has 102 valence electrons. The molecule has 0 aliphatic heterocycles. The van der Waals surface area contributed by atoms with Gasteiger partial charge in [0.2, 0.25) is 11.8 Å². The van der Waals surface area contributed by atoms with Gasteiger partial charge in [0.1, 0.15) is 0 Å². The molecular weight excluding hydrogens is 326 g/mol. The van der Waals surface area contributed by atoms with Crippen LogP contribution in [0.5, 0.6) is 5.88 Å². The molecule has 0 aliphatic rings. The number of halogens is 1. The van der Waals surface area contributed by atoms with Gasteiger partial charge in [0.05, 0.1) is 23.8 Å². The maximum atomic E-state index is 5.18. The monoisotopic (exact) mass is 341 g/mol. The van der Waals surface area contributed by atoms with E-state index in [1.165, 1.54) is 4.88 Å². The molecular formula is C13H16BrN3OS. The van der Waals surface area contributed by atoms with Crippen LogP contribution >= 0.6 is 27.3 Å².